The van der Waals surface area contributed by atoms with Gasteiger partial charge in [0.25, 0.3) is 0 Å². The van der Waals surface area contributed by atoms with Gasteiger partial charge in [0.2, 0.25) is 0 Å². The fraction of sp³-hybridized carbons (Fsp3) is 0.462. The molecule has 92 valence electrons. The molecule has 0 heterocycles. The predicted molar refractivity (Wildman–Crippen MR) is 62.3 cm³/mol. The molecule has 2 N–H and O–H groups in total. The molecule has 2 atom stereocenters. The second kappa shape index (κ2) is 4.84. The Morgan fingerprint density at radius 1 is 1.59 bits per heavy atom. The quantitative estimate of drug-likeness (QED) is 0.826. The Morgan fingerprint density at radius 2 is 2.29 bits per heavy atom. The molecular formula is C13H16FNO2. The Morgan fingerprint density at radius 3 is 2.88 bits per heavy atom. The zero-order chi connectivity index (χ0) is 12.4. The van der Waals surface area contributed by atoms with Gasteiger partial charge in [0, 0.05) is 12.1 Å². The van der Waals surface area contributed by atoms with Crippen molar-refractivity contribution in [1.82, 2.24) is 5.32 Å². The summed E-state index contributed by atoms with van der Waals surface area (Å²) in [6.45, 7) is 3.45. The van der Waals surface area contributed by atoms with E-state index in [4.69, 9.17) is 5.11 Å². The first-order valence-electron chi connectivity index (χ1n) is 5.80. The number of aromatic carboxylic acids is 1. The molecule has 0 spiro atoms. The van der Waals surface area contributed by atoms with Crippen LogP contribution in [0.1, 0.15) is 29.3 Å². The molecular weight excluding hydrogens is 221 g/mol. The van der Waals surface area contributed by atoms with Gasteiger partial charge in [-0.3, -0.25) is 0 Å². The number of carbonyl (C=O) groups is 1. The summed E-state index contributed by atoms with van der Waals surface area (Å²) in [6, 6.07) is 3.88. The number of hydrogen-bond acceptors (Lipinski definition) is 2. The van der Waals surface area contributed by atoms with E-state index in [1.165, 1.54) is 24.6 Å². The molecule has 1 fully saturated rings. The van der Waals surface area contributed by atoms with E-state index < -0.39 is 5.97 Å². The average molecular weight is 237 g/mol. The van der Waals surface area contributed by atoms with E-state index in [1.54, 1.807) is 0 Å². The summed E-state index contributed by atoms with van der Waals surface area (Å²) in [5.41, 5.74) is 0.543. The van der Waals surface area contributed by atoms with E-state index in [2.05, 4.69) is 12.2 Å². The lowest BCUT2D eigenvalue weighted by atomic mass is 10.1. The molecule has 2 unspecified atom stereocenters. The number of rotatable bonds is 5. The largest absolute Gasteiger partial charge is 0.478 e. The Bertz CT molecular complexity index is 433. The number of carboxylic acid groups (broad SMARTS) is 1. The predicted octanol–water partition coefficient (Wildman–Crippen LogP) is 2.27. The van der Waals surface area contributed by atoms with Gasteiger partial charge in [0.05, 0.1) is 5.56 Å². The molecule has 4 heteroatoms. The van der Waals surface area contributed by atoms with E-state index in [1.807, 2.05) is 0 Å². The third kappa shape index (κ3) is 3.03. The minimum Gasteiger partial charge on any atom is -0.478 e. The van der Waals surface area contributed by atoms with E-state index >= 15 is 0 Å². The van der Waals surface area contributed by atoms with Crippen LogP contribution in [0.5, 0.6) is 0 Å². The van der Waals surface area contributed by atoms with Crippen LogP contribution >= 0.6 is 0 Å². The van der Waals surface area contributed by atoms with Crippen LogP contribution in [0.3, 0.4) is 0 Å². The lowest BCUT2D eigenvalue weighted by molar-refractivity contribution is 0.0696. The molecule has 0 bridgehead atoms. The maximum atomic E-state index is 13.4. The normalized spacial score (nSPS) is 22.5. The highest BCUT2D eigenvalue weighted by molar-refractivity contribution is 5.87. The fourth-order valence-corrected chi connectivity index (χ4v) is 1.92. The third-order valence-corrected chi connectivity index (χ3v) is 3.29. The lowest BCUT2D eigenvalue weighted by Crippen LogP contribution is -2.18. The highest BCUT2D eigenvalue weighted by atomic mass is 19.1. The summed E-state index contributed by atoms with van der Waals surface area (Å²) in [6.07, 6.45) is 1.23. The molecule has 1 aliphatic rings. The number of benzene rings is 1. The van der Waals surface area contributed by atoms with Crippen molar-refractivity contribution in [3.05, 3.63) is 35.1 Å². The first-order valence-corrected chi connectivity index (χ1v) is 5.80. The molecule has 0 saturated heterocycles. The van der Waals surface area contributed by atoms with Crippen LogP contribution in [0, 0.1) is 17.7 Å². The topological polar surface area (TPSA) is 49.3 Å². The number of hydrogen-bond donors (Lipinski definition) is 2. The van der Waals surface area contributed by atoms with Crippen molar-refractivity contribution < 1.29 is 14.3 Å². The number of nitrogens with one attached hydrogen (secondary N) is 1. The van der Waals surface area contributed by atoms with Crippen LogP contribution < -0.4 is 5.32 Å². The molecule has 17 heavy (non-hydrogen) atoms. The van der Waals surface area contributed by atoms with Gasteiger partial charge >= 0.3 is 5.97 Å². The molecule has 1 aromatic rings. The zero-order valence-corrected chi connectivity index (χ0v) is 9.74. The summed E-state index contributed by atoms with van der Waals surface area (Å²) >= 11 is 0. The Labute approximate surface area is 99.7 Å². The highest BCUT2D eigenvalue weighted by Crippen LogP contribution is 2.36. The van der Waals surface area contributed by atoms with Crippen molar-refractivity contribution in [2.24, 2.45) is 11.8 Å². The van der Waals surface area contributed by atoms with Gasteiger partial charge in [-0.1, -0.05) is 6.92 Å². The number of carboxylic acids is 1. The maximum Gasteiger partial charge on any atom is 0.335 e. The molecule has 1 saturated carbocycles. The third-order valence-electron chi connectivity index (χ3n) is 3.29. The monoisotopic (exact) mass is 237 g/mol. The van der Waals surface area contributed by atoms with Gasteiger partial charge in [-0.05, 0) is 43.0 Å². The fourth-order valence-electron chi connectivity index (χ4n) is 1.92. The van der Waals surface area contributed by atoms with Gasteiger partial charge in [-0.2, -0.15) is 0 Å². The van der Waals surface area contributed by atoms with Crippen molar-refractivity contribution in [2.45, 2.75) is 19.9 Å². The van der Waals surface area contributed by atoms with Gasteiger partial charge in [-0.15, -0.1) is 0 Å². The van der Waals surface area contributed by atoms with Crippen LogP contribution in [0.25, 0.3) is 0 Å². The van der Waals surface area contributed by atoms with Crippen molar-refractivity contribution in [3.63, 3.8) is 0 Å². The van der Waals surface area contributed by atoms with Crippen molar-refractivity contribution in [2.75, 3.05) is 6.54 Å². The molecule has 0 aromatic heterocycles. The van der Waals surface area contributed by atoms with E-state index in [-0.39, 0.29) is 11.4 Å². The summed E-state index contributed by atoms with van der Waals surface area (Å²) in [5, 5.41) is 12.0. The van der Waals surface area contributed by atoms with E-state index in [0.29, 0.717) is 18.0 Å². The Hall–Kier alpha value is -1.42. The zero-order valence-electron chi connectivity index (χ0n) is 9.74. The van der Waals surface area contributed by atoms with Crippen molar-refractivity contribution in [1.29, 1.82) is 0 Å². The maximum absolute atomic E-state index is 13.4. The second-order valence-electron chi connectivity index (χ2n) is 4.72. The van der Waals surface area contributed by atoms with E-state index in [0.717, 1.165) is 12.5 Å². The SMILES string of the molecule is CC1CC1CNCc1cc(C(=O)O)ccc1F. The van der Waals surface area contributed by atoms with Gasteiger partial charge in [0.1, 0.15) is 5.82 Å². The molecule has 0 radical (unpaired) electrons. The second-order valence-corrected chi connectivity index (χ2v) is 4.72. The minimum atomic E-state index is -1.03. The standard InChI is InChI=1S/C13H16FNO2/c1-8-4-10(8)6-15-7-11-5-9(13(16)17)2-3-12(11)14/h2-3,5,8,10,15H,4,6-7H2,1H3,(H,16,17). The molecule has 1 aliphatic carbocycles. The Kier molecular flexibility index (Phi) is 3.43. The highest BCUT2D eigenvalue weighted by Gasteiger charge is 2.31. The van der Waals surface area contributed by atoms with Gasteiger partial charge < -0.3 is 10.4 Å². The molecule has 2 rings (SSSR count). The minimum absolute atomic E-state index is 0.128. The summed E-state index contributed by atoms with van der Waals surface area (Å²) < 4.78 is 13.4. The van der Waals surface area contributed by atoms with Crippen LogP contribution in [-0.2, 0) is 6.54 Å². The van der Waals surface area contributed by atoms with Crippen LogP contribution in [0.2, 0.25) is 0 Å². The average Bonchev–Trinajstić information content (AvgIpc) is 2.97. The van der Waals surface area contributed by atoms with Crippen LogP contribution in [-0.4, -0.2) is 17.6 Å². The summed E-state index contributed by atoms with van der Waals surface area (Å²) in [7, 11) is 0. The van der Waals surface area contributed by atoms with E-state index in [9.17, 15) is 9.18 Å². The number of halogens is 1. The smallest absolute Gasteiger partial charge is 0.335 e. The molecule has 0 amide bonds. The molecule has 1 aromatic carbocycles. The van der Waals surface area contributed by atoms with Gasteiger partial charge in [0.15, 0.2) is 0 Å². The van der Waals surface area contributed by atoms with Gasteiger partial charge in [-0.25, -0.2) is 9.18 Å². The molecule has 3 nitrogen and oxygen atoms in total. The van der Waals surface area contributed by atoms with Crippen LogP contribution in [0.15, 0.2) is 18.2 Å². The first-order chi connectivity index (χ1) is 8.08. The van der Waals surface area contributed by atoms with Crippen molar-refractivity contribution >= 4 is 5.97 Å². The summed E-state index contributed by atoms with van der Waals surface area (Å²) in [4.78, 5) is 10.8. The summed E-state index contributed by atoms with van der Waals surface area (Å²) in [5.74, 6) is 0.0758. The van der Waals surface area contributed by atoms with Crippen LogP contribution in [0.4, 0.5) is 4.39 Å². The Balaban J connectivity index is 1.94. The first kappa shape index (κ1) is 12.0. The lowest BCUT2D eigenvalue weighted by Gasteiger charge is -2.06. The van der Waals surface area contributed by atoms with Crippen molar-refractivity contribution in [3.8, 4) is 0 Å². The molecule has 0 aliphatic heterocycles.